The number of rotatable bonds is 3. The lowest BCUT2D eigenvalue weighted by molar-refractivity contribution is 0.0744. The molecule has 0 radical (unpaired) electrons. The van der Waals surface area contributed by atoms with Crippen molar-refractivity contribution in [2.75, 3.05) is 13.1 Å². The van der Waals surface area contributed by atoms with Gasteiger partial charge >= 0.3 is 0 Å². The second-order valence-corrected chi connectivity index (χ2v) is 6.52. The molecule has 1 fully saturated rings. The third kappa shape index (κ3) is 4.10. The lowest BCUT2D eigenvalue weighted by atomic mass is 9.91. The molecule has 0 N–H and O–H groups in total. The van der Waals surface area contributed by atoms with E-state index in [2.05, 4.69) is 6.07 Å². The van der Waals surface area contributed by atoms with Gasteiger partial charge in [-0.1, -0.05) is 47.5 Å². The Labute approximate surface area is 153 Å². The molecule has 0 aliphatic carbocycles. The Morgan fingerprint density at radius 2 is 1.64 bits per heavy atom. The van der Waals surface area contributed by atoms with E-state index in [1.807, 2.05) is 35.2 Å². The molecule has 2 aromatic rings. The van der Waals surface area contributed by atoms with E-state index in [0.717, 1.165) is 24.0 Å². The van der Waals surface area contributed by atoms with Crippen LogP contribution in [0.1, 0.15) is 35.2 Å². The number of carbonyl (C=O) groups is 1. The molecule has 25 heavy (non-hydrogen) atoms. The van der Waals surface area contributed by atoms with Crippen LogP contribution in [0.4, 0.5) is 0 Å². The van der Waals surface area contributed by atoms with Crippen LogP contribution in [0.3, 0.4) is 0 Å². The van der Waals surface area contributed by atoms with Crippen molar-refractivity contribution < 1.29 is 4.79 Å². The summed E-state index contributed by atoms with van der Waals surface area (Å²) in [4.78, 5) is 14.5. The molecule has 2 aromatic carbocycles. The van der Waals surface area contributed by atoms with Crippen LogP contribution in [0.25, 0.3) is 5.57 Å². The molecule has 0 spiro atoms. The largest absolute Gasteiger partial charge is 0.338 e. The number of halogens is 1. The van der Waals surface area contributed by atoms with E-state index in [1.165, 1.54) is 5.57 Å². The number of nitrogens with zero attached hydrogens (tertiary/aromatic N) is 2. The van der Waals surface area contributed by atoms with Gasteiger partial charge in [0, 0.05) is 23.7 Å². The zero-order valence-corrected chi connectivity index (χ0v) is 14.7. The summed E-state index contributed by atoms with van der Waals surface area (Å²) in [6, 6.07) is 19.3. The smallest absolute Gasteiger partial charge is 0.253 e. The molecular formula is C21H19ClN2O. The third-order valence-corrected chi connectivity index (χ3v) is 4.80. The summed E-state index contributed by atoms with van der Waals surface area (Å²) < 4.78 is 0. The molecule has 126 valence electrons. The van der Waals surface area contributed by atoms with Crippen LogP contribution in [0.5, 0.6) is 0 Å². The number of amides is 1. The first kappa shape index (κ1) is 17.3. The van der Waals surface area contributed by atoms with E-state index in [-0.39, 0.29) is 5.91 Å². The van der Waals surface area contributed by atoms with E-state index in [4.69, 9.17) is 11.6 Å². The number of allylic oxidation sites excluding steroid dienone is 1. The van der Waals surface area contributed by atoms with Crippen molar-refractivity contribution in [3.63, 3.8) is 0 Å². The summed E-state index contributed by atoms with van der Waals surface area (Å²) in [6.45, 7) is 1.36. The summed E-state index contributed by atoms with van der Waals surface area (Å²) in [6.07, 6.45) is 2.03. The molecule has 3 nitrogen and oxygen atoms in total. The molecule has 0 bridgehead atoms. The van der Waals surface area contributed by atoms with Gasteiger partial charge in [0.2, 0.25) is 0 Å². The number of likely N-dealkylation sites (tertiary alicyclic amines) is 1. The number of carbonyl (C=O) groups excluding carboxylic acids is 1. The molecule has 0 saturated carbocycles. The van der Waals surface area contributed by atoms with Crippen molar-refractivity contribution in [3.05, 3.63) is 76.3 Å². The molecule has 0 atom stereocenters. The van der Waals surface area contributed by atoms with Gasteiger partial charge in [0.25, 0.3) is 5.91 Å². The standard InChI is InChI=1S/C21H19ClN2O/c22-19-8-6-18(7-9-19)21(25)24-14-11-17(12-15-24)20(10-13-23)16-4-2-1-3-5-16/h1-9H,10-12,14-15H2. The van der Waals surface area contributed by atoms with E-state index >= 15 is 0 Å². The molecule has 1 aliphatic rings. The summed E-state index contributed by atoms with van der Waals surface area (Å²) in [7, 11) is 0. The van der Waals surface area contributed by atoms with Gasteiger partial charge in [0.05, 0.1) is 12.5 Å². The van der Waals surface area contributed by atoms with Crippen LogP contribution in [-0.4, -0.2) is 23.9 Å². The van der Waals surface area contributed by atoms with Crippen molar-refractivity contribution in [1.29, 1.82) is 5.26 Å². The average molecular weight is 351 g/mol. The van der Waals surface area contributed by atoms with E-state index in [1.54, 1.807) is 24.3 Å². The Morgan fingerprint density at radius 1 is 1.00 bits per heavy atom. The minimum atomic E-state index is 0.0391. The zero-order chi connectivity index (χ0) is 17.6. The number of hydrogen-bond donors (Lipinski definition) is 0. The van der Waals surface area contributed by atoms with Crippen LogP contribution in [0.15, 0.2) is 60.2 Å². The lowest BCUT2D eigenvalue weighted by Gasteiger charge is -2.30. The normalized spacial score (nSPS) is 14.1. The Kier molecular flexibility index (Phi) is 5.53. The van der Waals surface area contributed by atoms with Crippen molar-refractivity contribution in [2.24, 2.45) is 0 Å². The van der Waals surface area contributed by atoms with Crippen molar-refractivity contribution >= 4 is 23.1 Å². The Balaban J connectivity index is 1.74. The second kappa shape index (κ2) is 8.00. The molecule has 1 amide bonds. The van der Waals surface area contributed by atoms with Crippen molar-refractivity contribution in [3.8, 4) is 6.07 Å². The Morgan fingerprint density at radius 3 is 2.24 bits per heavy atom. The first-order valence-electron chi connectivity index (χ1n) is 8.37. The molecule has 1 saturated heterocycles. The predicted molar refractivity (Wildman–Crippen MR) is 100 cm³/mol. The number of piperidine rings is 1. The third-order valence-electron chi connectivity index (χ3n) is 4.55. The van der Waals surface area contributed by atoms with Gasteiger partial charge in [-0.25, -0.2) is 0 Å². The number of nitriles is 1. The maximum atomic E-state index is 12.6. The fraction of sp³-hybridized carbons (Fsp3) is 0.238. The van der Waals surface area contributed by atoms with Gasteiger partial charge in [-0.2, -0.15) is 5.26 Å². The van der Waals surface area contributed by atoms with Gasteiger partial charge in [0.15, 0.2) is 0 Å². The molecule has 3 rings (SSSR count). The minimum Gasteiger partial charge on any atom is -0.338 e. The van der Waals surface area contributed by atoms with E-state index in [0.29, 0.717) is 30.1 Å². The Hall–Kier alpha value is -2.57. The van der Waals surface area contributed by atoms with Gasteiger partial charge < -0.3 is 4.90 Å². The maximum Gasteiger partial charge on any atom is 0.253 e. The van der Waals surface area contributed by atoms with Crippen LogP contribution >= 0.6 is 11.6 Å². The minimum absolute atomic E-state index is 0.0391. The highest BCUT2D eigenvalue weighted by atomic mass is 35.5. The topological polar surface area (TPSA) is 44.1 Å². The summed E-state index contributed by atoms with van der Waals surface area (Å²) in [5.41, 5.74) is 4.17. The highest BCUT2D eigenvalue weighted by Gasteiger charge is 2.22. The molecule has 4 heteroatoms. The van der Waals surface area contributed by atoms with Crippen LogP contribution in [0, 0.1) is 11.3 Å². The summed E-state index contributed by atoms with van der Waals surface area (Å²) >= 11 is 5.89. The molecule has 1 aliphatic heterocycles. The summed E-state index contributed by atoms with van der Waals surface area (Å²) in [5.74, 6) is 0.0391. The average Bonchev–Trinajstić information content (AvgIpc) is 2.67. The lowest BCUT2D eigenvalue weighted by Crippen LogP contribution is -2.36. The SMILES string of the molecule is N#CCC(=C1CCN(C(=O)c2ccc(Cl)cc2)CC1)c1ccccc1. The first-order chi connectivity index (χ1) is 12.2. The van der Waals surface area contributed by atoms with Crippen molar-refractivity contribution in [2.45, 2.75) is 19.3 Å². The van der Waals surface area contributed by atoms with Crippen LogP contribution < -0.4 is 0 Å². The molecular weight excluding hydrogens is 332 g/mol. The molecule has 0 unspecified atom stereocenters. The van der Waals surface area contributed by atoms with E-state index in [9.17, 15) is 10.1 Å². The quantitative estimate of drug-likeness (QED) is 0.786. The predicted octanol–water partition coefficient (Wildman–Crippen LogP) is 4.94. The van der Waals surface area contributed by atoms with Gasteiger partial charge in [0.1, 0.15) is 0 Å². The fourth-order valence-corrected chi connectivity index (χ4v) is 3.33. The van der Waals surface area contributed by atoms with Gasteiger partial charge in [-0.15, -0.1) is 0 Å². The zero-order valence-electron chi connectivity index (χ0n) is 13.9. The maximum absolute atomic E-state index is 12.6. The summed E-state index contributed by atoms with van der Waals surface area (Å²) in [5, 5.41) is 9.81. The second-order valence-electron chi connectivity index (χ2n) is 6.08. The first-order valence-corrected chi connectivity index (χ1v) is 8.75. The van der Waals surface area contributed by atoms with Crippen LogP contribution in [0.2, 0.25) is 5.02 Å². The van der Waals surface area contributed by atoms with E-state index < -0.39 is 0 Å². The highest BCUT2D eigenvalue weighted by Crippen LogP contribution is 2.29. The van der Waals surface area contributed by atoms with Crippen LogP contribution in [-0.2, 0) is 0 Å². The Bertz CT molecular complexity index is 809. The van der Waals surface area contributed by atoms with Gasteiger partial charge in [-0.05, 0) is 48.2 Å². The fourth-order valence-electron chi connectivity index (χ4n) is 3.21. The number of benzene rings is 2. The van der Waals surface area contributed by atoms with Gasteiger partial charge in [-0.3, -0.25) is 4.79 Å². The monoisotopic (exact) mass is 350 g/mol. The molecule has 0 aromatic heterocycles. The highest BCUT2D eigenvalue weighted by molar-refractivity contribution is 6.30. The number of hydrogen-bond acceptors (Lipinski definition) is 2. The van der Waals surface area contributed by atoms with Crippen molar-refractivity contribution in [1.82, 2.24) is 4.90 Å². The molecule has 1 heterocycles.